The van der Waals surface area contributed by atoms with Crippen LogP contribution < -0.4 is 0 Å². The van der Waals surface area contributed by atoms with Crippen molar-refractivity contribution in [3.63, 3.8) is 0 Å². The normalized spacial score (nSPS) is 24.9. The Hall–Kier alpha value is -1.42. The summed E-state index contributed by atoms with van der Waals surface area (Å²) in [6.45, 7) is 7.46. The maximum absolute atomic E-state index is 12.4. The van der Waals surface area contributed by atoms with Gasteiger partial charge in [0.2, 0.25) is 0 Å². The fraction of sp³-hybridized carbons (Fsp3) is 0.647. The van der Waals surface area contributed by atoms with Crippen LogP contribution in [0.5, 0.6) is 0 Å². The molecule has 1 heterocycles. The van der Waals surface area contributed by atoms with Gasteiger partial charge in [-0.2, -0.15) is 0 Å². The van der Waals surface area contributed by atoms with Crippen LogP contribution in [-0.2, 0) is 9.59 Å². The summed E-state index contributed by atoms with van der Waals surface area (Å²) in [5.41, 5.74) is 1.13. The van der Waals surface area contributed by atoms with Crippen molar-refractivity contribution in [2.45, 2.75) is 59.1 Å². The smallest absolute Gasteiger partial charge is 0.257 e. The number of likely N-dealkylation sites (tertiary alicyclic amines) is 1. The van der Waals surface area contributed by atoms with Crippen molar-refractivity contribution >= 4 is 11.7 Å². The molecular weight excluding hydrogens is 266 g/mol. The summed E-state index contributed by atoms with van der Waals surface area (Å²) in [5, 5.41) is 9.70. The molecule has 21 heavy (non-hydrogen) atoms. The van der Waals surface area contributed by atoms with Crippen LogP contribution in [-0.4, -0.2) is 40.9 Å². The lowest BCUT2D eigenvalue weighted by Gasteiger charge is -2.19. The van der Waals surface area contributed by atoms with Gasteiger partial charge in [0, 0.05) is 7.05 Å². The third kappa shape index (κ3) is 3.82. The second-order valence-corrected chi connectivity index (χ2v) is 5.92. The third-order valence-corrected chi connectivity index (χ3v) is 4.30. The number of hydrogen-bond donors (Lipinski definition) is 1. The maximum atomic E-state index is 12.4. The molecule has 118 valence electrons. The highest BCUT2D eigenvalue weighted by molar-refractivity contribution is 6.27. The average molecular weight is 293 g/mol. The van der Waals surface area contributed by atoms with Crippen LogP contribution >= 0.6 is 0 Å². The Balaban J connectivity index is 2.89. The molecule has 0 aromatic rings. The van der Waals surface area contributed by atoms with Gasteiger partial charge in [-0.1, -0.05) is 24.6 Å². The molecule has 0 radical (unpaired) electrons. The predicted molar refractivity (Wildman–Crippen MR) is 83.8 cm³/mol. The molecule has 4 nitrogen and oxygen atoms in total. The zero-order valence-electron chi connectivity index (χ0n) is 13.7. The number of likely N-dealkylation sites (N-methyl/N-ethyl adjacent to an activating group) is 1. The minimum Gasteiger partial charge on any atom is -0.391 e. The van der Waals surface area contributed by atoms with Crippen molar-refractivity contribution < 1.29 is 14.7 Å². The highest BCUT2D eigenvalue weighted by Gasteiger charge is 2.44. The van der Waals surface area contributed by atoms with E-state index in [4.69, 9.17) is 0 Å². The molecule has 1 rings (SSSR count). The van der Waals surface area contributed by atoms with Crippen LogP contribution in [0.15, 0.2) is 23.3 Å². The molecule has 0 unspecified atom stereocenters. The Morgan fingerprint density at radius 2 is 2.00 bits per heavy atom. The van der Waals surface area contributed by atoms with Crippen LogP contribution in [0.1, 0.15) is 47.0 Å². The number of nitrogens with zero attached hydrogens (tertiary/aromatic N) is 1. The Morgan fingerprint density at radius 1 is 1.38 bits per heavy atom. The first-order valence-electron chi connectivity index (χ1n) is 7.64. The van der Waals surface area contributed by atoms with E-state index in [9.17, 15) is 14.7 Å². The zero-order chi connectivity index (χ0) is 16.2. The van der Waals surface area contributed by atoms with Crippen LogP contribution in [0.4, 0.5) is 0 Å². The van der Waals surface area contributed by atoms with Gasteiger partial charge in [-0.05, 0) is 46.0 Å². The standard InChI is InChI=1S/C17H27NO3/c1-6-7-8-9-10-11(2)12(3)14-16(20)15(13(4)19)18(5)17(14)21/h6-7,11,13,15,19H,8-10H2,1-5H3/b7-6+,14-12+/t11-,13-,15-/m1/s1. The summed E-state index contributed by atoms with van der Waals surface area (Å²) < 4.78 is 0. The lowest BCUT2D eigenvalue weighted by Crippen LogP contribution is -2.40. The highest BCUT2D eigenvalue weighted by Crippen LogP contribution is 2.29. The molecule has 1 amide bonds. The molecule has 4 heteroatoms. The minimum absolute atomic E-state index is 0.194. The SMILES string of the molecule is C/C=C/CCC[C@@H](C)/C(C)=C1\C(=O)[C@@H]([C@@H](C)O)N(C)C1=O. The first-order valence-corrected chi connectivity index (χ1v) is 7.64. The molecule has 3 atom stereocenters. The number of hydrogen-bond acceptors (Lipinski definition) is 3. The number of carbonyl (C=O) groups is 2. The number of carbonyl (C=O) groups excluding carboxylic acids is 2. The average Bonchev–Trinajstić information content (AvgIpc) is 2.64. The van der Waals surface area contributed by atoms with Gasteiger partial charge in [0.1, 0.15) is 6.04 Å². The summed E-state index contributed by atoms with van der Waals surface area (Å²) in [7, 11) is 1.58. The van der Waals surface area contributed by atoms with Crippen molar-refractivity contribution in [1.82, 2.24) is 4.90 Å². The fourth-order valence-corrected chi connectivity index (χ4v) is 2.81. The van der Waals surface area contributed by atoms with Gasteiger partial charge in [-0.15, -0.1) is 0 Å². The largest absolute Gasteiger partial charge is 0.391 e. The number of aliphatic hydroxyl groups excluding tert-OH is 1. The summed E-state index contributed by atoms with van der Waals surface area (Å²) in [6.07, 6.45) is 6.31. The van der Waals surface area contributed by atoms with Gasteiger partial charge in [0.15, 0.2) is 5.78 Å². The highest BCUT2D eigenvalue weighted by atomic mass is 16.3. The topological polar surface area (TPSA) is 57.6 Å². The van der Waals surface area contributed by atoms with Crippen molar-refractivity contribution in [1.29, 1.82) is 0 Å². The van der Waals surface area contributed by atoms with Gasteiger partial charge < -0.3 is 10.0 Å². The van der Waals surface area contributed by atoms with Crippen LogP contribution in [0.2, 0.25) is 0 Å². The van der Waals surface area contributed by atoms with Gasteiger partial charge in [0.25, 0.3) is 5.91 Å². The van der Waals surface area contributed by atoms with E-state index in [-0.39, 0.29) is 23.2 Å². The van der Waals surface area contributed by atoms with E-state index < -0.39 is 12.1 Å². The Morgan fingerprint density at radius 3 is 2.48 bits per heavy atom. The van der Waals surface area contributed by atoms with Gasteiger partial charge in [0.05, 0.1) is 11.7 Å². The van der Waals surface area contributed by atoms with Crippen molar-refractivity contribution in [2.75, 3.05) is 7.05 Å². The number of amides is 1. The van der Waals surface area contributed by atoms with Crippen LogP contribution in [0.25, 0.3) is 0 Å². The number of Topliss-reactive ketones (excluding diaryl/α,β-unsaturated/α-hetero) is 1. The summed E-state index contributed by atoms with van der Waals surface area (Å²) >= 11 is 0. The lowest BCUT2D eigenvalue weighted by atomic mass is 9.90. The molecule has 0 aliphatic carbocycles. The Kier molecular flexibility index (Phi) is 6.34. The van der Waals surface area contributed by atoms with E-state index >= 15 is 0 Å². The second kappa shape index (κ2) is 7.55. The lowest BCUT2D eigenvalue weighted by molar-refractivity contribution is -0.128. The van der Waals surface area contributed by atoms with E-state index in [1.54, 1.807) is 14.0 Å². The van der Waals surface area contributed by atoms with E-state index in [0.717, 1.165) is 24.8 Å². The summed E-state index contributed by atoms with van der Waals surface area (Å²) in [6, 6.07) is -0.738. The quantitative estimate of drug-likeness (QED) is 0.354. The molecule has 0 spiro atoms. The number of ketones is 1. The number of unbranched alkanes of at least 4 members (excludes halogenated alkanes) is 1. The van der Waals surface area contributed by atoms with Gasteiger partial charge in [-0.3, -0.25) is 9.59 Å². The third-order valence-electron chi connectivity index (χ3n) is 4.30. The maximum Gasteiger partial charge on any atom is 0.257 e. The minimum atomic E-state index is -0.846. The zero-order valence-corrected chi connectivity index (χ0v) is 13.7. The molecule has 1 fully saturated rings. The molecule has 1 saturated heterocycles. The molecule has 1 aliphatic rings. The first-order chi connectivity index (χ1) is 9.82. The van der Waals surface area contributed by atoms with Crippen molar-refractivity contribution in [3.05, 3.63) is 23.3 Å². The second-order valence-electron chi connectivity index (χ2n) is 5.92. The van der Waals surface area contributed by atoms with E-state index in [1.807, 2.05) is 26.8 Å². The Labute approximate surface area is 127 Å². The molecule has 1 aliphatic heterocycles. The van der Waals surface area contributed by atoms with Gasteiger partial charge >= 0.3 is 0 Å². The number of rotatable bonds is 6. The van der Waals surface area contributed by atoms with Crippen LogP contribution in [0, 0.1) is 5.92 Å². The van der Waals surface area contributed by atoms with Crippen LogP contribution in [0.3, 0.4) is 0 Å². The van der Waals surface area contributed by atoms with Crippen molar-refractivity contribution in [2.24, 2.45) is 5.92 Å². The number of allylic oxidation sites excluding steroid dienone is 3. The number of aliphatic hydroxyl groups is 1. The molecule has 1 N–H and O–H groups in total. The van der Waals surface area contributed by atoms with E-state index in [2.05, 4.69) is 6.08 Å². The molecule has 0 aromatic carbocycles. The molecule has 0 aromatic heterocycles. The monoisotopic (exact) mass is 293 g/mol. The predicted octanol–water partition coefficient (Wildman–Crippen LogP) is 2.48. The Bertz CT molecular complexity index is 463. The molecule has 0 bridgehead atoms. The van der Waals surface area contributed by atoms with Gasteiger partial charge in [-0.25, -0.2) is 0 Å². The summed E-state index contributed by atoms with van der Waals surface area (Å²) in [5.74, 6) is -0.307. The fourth-order valence-electron chi connectivity index (χ4n) is 2.81. The van der Waals surface area contributed by atoms with E-state index in [1.165, 1.54) is 4.90 Å². The van der Waals surface area contributed by atoms with E-state index in [0.29, 0.717) is 0 Å². The summed E-state index contributed by atoms with van der Waals surface area (Å²) in [4.78, 5) is 26.0. The van der Waals surface area contributed by atoms with Crippen molar-refractivity contribution in [3.8, 4) is 0 Å². The molecular formula is C17H27NO3. The molecule has 0 saturated carbocycles. The first kappa shape index (κ1) is 17.6.